The van der Waals surface area contributed by atoms with E-state index >= 15 is 0 Å². The van der Waals surface area contributed by atoms with Crippen molar-refractivity contribution in [2.75, 3.05) is 5.32 Å². The third-order valence-corrected chi connectivity index (χ3v) is 3.15. The molecule has 2 aromatic rings. The van der Waals surface area contributed by atoms with E-state index < -0.39 is 11.7 Å². The highest BCUT2D eigenvalue weighted by Crippen LogP contribution is 2.29. The number of aryl methyl sites for hydroxylation is 1. The standard InChI is InChI=1S/C16H13F3N2/c1-11-3-2-4-15(14(11)9-20)21-10-12-5-7-13(8-6-12)16(17,18)19/h2-8,21H,10H2,1H3. The smallest absolute Gasteiger partial charge is 0.380 e. The van der Waals surface area contributed by atoms with Crippen molar-refractivity contribution in [3.8, 4) is 6.07 Å². The number of benzene rings is 2. The fraction of sp³-hybridized carbons (Fsp3) is 0.188. The van der Waals surface area contributed by atoms with Crippen LogP contribution in [0, 0.1) is 18.3 Å². The Kier molecular flexibility index (Phi) is 4.18. The Morgan fingerprint density at radius 3 is 2.33 bits per heavy atom. The number of anilines is 1. The van der Waals surface area contributed by atoms with Gasteiger partial charge in [-0.05, 0) is 36.2 Å². The van der Waals surface area contributed by atoms with E-state index in [0.717, 1.165) is 17.7 Å². The summed E-state index contributed by atoms with van der Waals surface area (Å²) in [5, 5.41) is 12.2. The fourth-order valence-corrected chi connectivity index (χ4v) is 1.97. The number of nitrogens with zero attached hydrogens (tertiary/aromatic N) is 1. The summed E-state index contributed by atoms with van der Waals surface area (Å²) >= 11 is 0. The van der Waals surface area contributed by atoms with Gasteiger partial charge in [0.25, 0.3) is 0 Å². The summed E-state index contributed by atoms with van der Waals surface area (Å²) in [6, 6.07) is 12.5. The first-order valence-corrected chi connectivity index (χ1v) is 6.31. The summed E-state index contributed by atoms with van der Waals surface area (Å²) in [6.07, 6.45) is -4.32. The lowest BCUT2D eigenvalue weighted by Crippen LogP contribution is -2.06. The summed E-state index contributed by atoms with van der Waals surface area (Å²) in [4.78, 5) is 0. The van der Waals surface area contributed by atoms with E-state index in [1.54, 1.807) is 6.07 Å². The Bertz CT molecular complexity index is 667. The summed E-state index contributed by atoms with van der Waals surface area (Å²) in [7, 11) is 0. The number of nitrogens with one attached hydrogen (secondary N) is 1. The topological polar surface area (TPSA) is 35.8 Å². The first kappa shape index (κ1) is 14.9. The Hall–Kier alpha value is -2.48. The number of hydrogen-bond acceptors (Lipinski definition) is 2. The van der Waals surface area contributed by atoms with Gasteiger partial charge in [0, 0.05) is 6.54 Å². The number of hydrogen-bond donors (Lipinski definition) is 1. The lowest BCUT2D eigenvalue weighted by Gasteiger charge is -2.11. The quantitative estimate of drug-likeness (QED) is 0.903. The molecule has 0 aliphatic heterocycles. The number of nitriles is 1. The number of alkyl halides is 3. The third-order valence-electron chi connectivity index (χ3n) is 3.15. The van der Waals surface area contributed by atoms with Gasteiger partial charge in [0.1, 0.15) is 6.07 Å². The van der Waals surface area contributed by atoms with Gasteiger partial charge in [0.2, 0.25) is 0 Å². The lowest BCUT2D eigenvalue weighted by atomic mass is 10.1. The zero-order chi connectivity index (χ0) is 15.5. The van der Waals surface area contributed by atoms with E-state index in [9.17, 15) is 13.2 Å². The summed E-state index contributed by atoms with van der Waals surface area (Å²) in [5.74, 6) is 0. The molecular weight excluding hydrogens is 277 g/mol. The SMILES string of the molecule is Cc1cccc(NCc2ccc(C(F)(F)F)cc2)c1C#N. The predicted molar refractivity (Wildman–Crippen MR) is 74.7 cm³/mol. The molecule has 21 heavy (non-hydrogen) atoms. The van der Waals surface area contributed by atoms with Crippen LogP contribution < -0.4 is 5.32 Å². The molecule has 5 heteroatoms. The van der Waals surface area contributed by atoms with Crippen LogP contribution >= 0.6 is 0 Å². The van der Waals surface area contributed by atoms with Crippen LogP contribution in [0.25, 0.3) is 0 Å². The fourth-order valence-electron chi connectivity index (χ4n) is 1.97. The predicted octanol–water partition coefficient (Wildman–Crippen LogP) is 4.50. The van der Waals surface area contributed by atoms with Gasteiger partial charge in [0.05, 0.1) is 16.8 Å². The second-order valence-corrected chi connectivity index (χ2v) is 4.66. The second kappa shape index (κ2) is 5.88. The average molecular weight is 290 g/mol. The van der Waals surface area contributed by atoms with Crippen molar-refractivity contribution < 1.29 is 13.2 Å². The second-order valence-electron chi connectivity index (χ2n) is 4.66. The zero-order valence-corrected chi connectivity index (χ0v) is 11.3. The molecule has 0 aliphatic carbocycles. The minimum absolute atomic E-state index is 0.357. The van der Waals surface area contributed by atoms with Crippen LogP contribution in [0.4, 0.5) is 18.9 Å². The summed E-state index contributed by atoms with van der Waals surface area (Å²) in [6.45, 7) is 2.19. The van der Waals surface area contributed by atoms with E-state index in [2.05, 4.69) is 11.4 Å². The minimum Gasteiger partial charge on any atom is -0.380 e. The highest BCUT2D eigenvalue weighted by Gasteiger charge is 2.29. The molecule has 0 heterocycles. The van der Waals surface area contributed by atoms with Crippen LogP contribution in [0.3, 0.4) is 0 Å². The Balaban J connectivity index is 2.11. The van der Waals surface area contributed by atoms with Crippen LogP contribution in [-0.2, 0) is 12.7 Å². The maximum atomic E-state index is 12.5. The molecule has 108 valence electrons. The normalized spacial score (nSPS) is 11.0. The Morgan fingerprint density at radius 2 is 1.76 bits per heavy atom. The molecule has 0 aliphatic rings. The van der Waals surface area contributed by atoms with Crippen LogP contribution in [0.15, 0.2) is 42.5 Å². The highest BCUT2D eigenvalue weighted by atomic mass is 19.4. The number of rotatable bonds is 3. The molecular formula is C16H13F3N2. The maximum Gasteiger partial charge on any atom is 0.416 e. The largest absolute Gasteiger partial charge is 0.416 e. The lowest BCUT2D eigenvalue weighted by molar-refractivity contribution is -0.137. The van der Waals surface area contributed by atoms with E-state index in [1.807, 2.05) is 19.1 Å². The zero-order valence-electron chi connectivity index (χ0n) is 11.3. The first-order chi connectivity index (χ1) is 9.91. The summed E-state index contributed by atoms with van der Waals surface area (Å²) in [5.41, 5.74) is 2.13. The third kappa shape index (κ3) is 3.54. The molecule has 0 spiro atoms. The molecule has 0 unspecified atom stereocenters. The van der Waals surface area contributed by atoms with Crippen LogP contribution in [0.5, 0.6) is 0 Å². The molecule has 0 saturated heterocycles. The van der Waals surface area contributed by atoms with Gasteiger partial charge in [-0.15, -0.1) is 0 Å². The Labute approximate surface area is 120 Å². The molecule has 1 N–H and O–H groups in total. The molecule has 0 atom stereocenters. The van der Waals surface area contributed by atoms with Gasteiger partial charge in [-0.3, -0.25) is 0 Å². The van der Waals surface area contributed by atoms with Crippen molar-refractivity contribution in [1.29, 1.82) is 5.26 Å². The van der Waals surface area contributed by atoms with Crippen molar-refractivity contribution >= 4 is 5.69 Å². The van der Waals surface area contributed by atoms with E-state index in [4.69, 9.17) is 5.26 Å². The monoisotopic (exact) mass is 290 g/mol. The summed E-state index contributed by atoms with van der Waals surface area (Å²) < 4.78 is 37.4. The van der Waals surface area contributed by atoms with Gasteiger partial charge < -0.3 is 5.32 Å². The van der Waals surface area contributed by atoms with Crippen molar-refractivity contribution in [3.05, 3.63) is 64.7 Å². The van der Waals surface area contributed by atoms with Crippen LogP contribution in [0.1, 0.15) is 22.3 Å². The van der Waals surface area contributed by atoms with Crippen LogP contribution in [-0.4, -0.2) is 0 Å². The highest BCUT2D eigenvalue weighted by molar-refractivity contribution is 5.60. The van der Waals surface area contributed by atoms with E-state index in [-0.39, 0.29) is 0 Å². The molecule has 0 aromatic heterocycles. The molecule has 2 rings (SSSR count). The van der Waals surface area contributed by atoms with Crippen molar-refractivity contribution in [2.24, 2.45) is 0 Å². The molecule has 0 saturated carbocycles. The first-order valence-electron chi connectivity index (χ1n) is 6.31. The van der Waals surface area contributed by atoms with Gasteiger partial charge >= 0.3 is 6.18 Å². The average Bonchev–Trinajstić information content (AvgIpc) is 2.44. The maximum absolute atomic E-state index is 12.5. The molecule has 0 radical (unpaired) electrons. The van der Waals surface area contributed by atoms with Crippen molar-refractivity contribution in [1.82, 2.24) is 0 Å². The number of halogens is 3. The van der Waals surface area contributed by atoms with E-state index in [0.29, 0.717) is 23.4 Å². The van der Waals surface area contributed by atoms with Crippen LogP contribution in [0.2, 0.25) is 0 Å². The molecule has 0 fully saturated rings. The molecule has 0 amide bonds. The molecule has 0 bridgehead atoms. The Morgan fingerprint density at radius 1 is 1.10 bits per heavy atom. The van der Waals surface area contributed by atoms with Gasteiger partial charge in [0.15, 0.2) is 0 Å². The van der Waals surface area contributed by atoms with E-state index in [1.165, 1.54) is 12.1 Å². The molecule has 2 aromatic carbocycles. The van der Waals surface area contributed by atoms with Crippen molar-refractivity contribution in [2.45, 2.75) is 19.6 Å². The minimum atomic E-state index is -4.32. The molecule has 2 nitrogen and oxygen atoms in total. The van der Waals surface area contributed by atoms with Gasteiger partial charge in [-0.25, -0.2) is 0 Å². The van der Waals surface area contributed by atoms with Gasteiger partial charge in [-0.2, -0.15) is 18.4 Å². The van der Waals surface area contributed by atoms with Crippen molar-refractivity contribution in [3.63, 3.8) is 0 Å². The van der Waals surface area contributed by atoms with Gasteiger partial charge in [-0.1, -0.05) is 24.3 Å².